The molecule has 0 N–H and O–H groups in total. The third kappa shape index (κ3) is 1.54. The van der Waals surface area contributed by atoms with E-state index in [1.165, 1.54) is 6.20 Å². The number of hydrogen-bond acceptors (Lipinski definition) is 3. The molecule has 0 saturated heterocycles. The predicted octanol–water partition coefficient (Wildman–Crippen LogP) is 1.49. The topological polar surface area (TPSA) is 45.9 Å². The zero-order valence-corrected chi connectivity index (χ0v) is 6.53. The van der Waals surface area contributed by atoms with Crippen LogP contribution in [0.5, 0.6) is 5.75 Å². The molecule has 12 heavy (non-hydrogen) atoms. The molecule has 0 spiro atoms. The smallest absolute Gasteiger partial charge is 0.139 e. The van der Waals surface area contributed by atoms with Crippen LogP contribution in [0.1, 0.15) is 18.4 Å². The van der Waals surface area contributed by atoms with Crippen molar-refractivity contribution in [1.82, 2.24) is 4.98 Å². The number of aromatic nitrogens is 1. The van der Waals surface area contributed by atoms with Crippen molar-refractivity contribution in [2.24, 2.45) is 0 Å². The van der Waals surface area contributed by atoms with E-state index < -0.39 is 0 Å². The summed E-state index contributed by atoms with van der Waals surface area (Å²) in [5.74, 6) is 0.705. The molecular formula is C9H8N2O. The molecule has 0 aliphatic heterocycles. The van der Waals surface area contributed by atoms with Gasteiger partial charge in [-0.15, -0.1) is 0 Å². The number of pyridine rings is 1. The Kier molecular flexibility index (Phi) is 1.67. The fourth-order valence-corrected chi connectivity index (χ4v) is 0.923. The lowest BCUT2D eigenvalue weighted by Gasteiger charge is -2.01. The molecule has 0 amide bonds. The highest BCUT2D eigenvalue weighted by atomic mass is 16.5. The van der Waals surface area contributed by atoms with Gasteiger partial charge in [0.05, 0.1) is 17.9 Å². The second kappa shape index (κ2) is 2.82. The molecular weight excluding hydrogens is 152 g/mol. The van der Waals surface area contributed by atoms with Crippen molar-refractivity contribution in [3.05, 3.63) is 24.0 Å². The highest BCUT2D eigenvalue weighted by Gasteiger charge is 2.23. The Labute approximate surface area is 70.6 Å². The second-order valence-corrected chi connectivity index (χ2v) is 2.84. The van der Waals surface area contributed by atoms with Crippen LogP contribution in [-0.4, -0.2) is 11.1 Å². The van der Waals surface area contributed by atoms with Crippen LogP contribution in [-0.2, 0) is 0 Å². The van der Waals surface area contributed by atoms with Crippen LogP contribution in [0.3, 0.4) is 0 Å². The summed E-state index contributed by atoms with van der Waals surface area (Å²) in [7, 11) is 0. The molecule has 3 nitrogen and oxygen atoms in total. The van der Waals surface area contributed by atoms with Gasteiger partial charge in [-0.25, -0.2) is 0 Å². The summed E-state index contributed by atoms with van der Waals surface area (Å²) in [5.41, 5.74) is 0.549. The van der Waals surface area contributed by atoms with E-state index in [-0.39, 0.29) is 0 Å². The van der Waals surface area contributed by atoms with Crippen molar-refractivity contribution in [3.63, 3.8) is 0 Å². The molecule has 0 atom stereocenters. The summed E-state index contributed by atoms with van der Waals surface area (Å²) in [4.78, 5) is 3.89. The van der Waals surface area contributed by atoms with Gasteiger partial charge in [-0.3, -0.25) is 4.98 Å². The van der Waals surface area contributed by atoms with Crippen LogP contribution in [0.25, 0.3) is 0 Å². The van der Waals surface area contributed by atoms with Gasteiger partial charge < -0.3 is 4.74 Å². The lowest BCUT2D eigenvalue weighted by atomic mass is 10.3. The first-order chi connectivity index (χ1) is 5.88. The van der Waals surface area contributed by atoms with Gasteiger partial charge in [0.2, 0.25) is 0 Å². The molecule has 2 rings (SSSR count). The predicted molar refractivity (Wildman–Crippen MR) is 42.6 cm³/mol. The van der Waals surface area contributed by atoms with Crippen molar-refractivity contribution in [3.8, 4) is 11.8 Å². The summed E-state index contributed by atoms with van der Waals surface area (Å²) in [6.45, 7) is 0. The van der Waals surface area contributed by atoms with E-state index in [1.807, 2.05) is 6.07 Å². The molecule has 1 aromatic heterocycles. The molecule has 1 aliphatic carbocycles. The van der Waals surface area contributed by atoms with E-state index in [2.05, 4.69) is 4.98 Å². The number of nitrogens with zero attached hydrogens (tertiary/aromatic N) is 2. The molecule has 1 fully saturated rings. The van der Waals surface area contributed by atoms with Gasteiger partial charge in [0.25, 0.3) is 0 Å². The fourth-order valence-electron chi connectivity index (χ4n) is 0.923. The van der Waals surface area contributed by atoms with Gasteiger partial charge in [0.1, 0.15) is 11.8 Å². The maximum atomic E-state index is 8.57. The van der Waals surface area contributed by atoms with Crippen LogP contribution in [0.15, 0.2) is 18.5 Å². The lowest BCUT2D eigenvalue weighted by Crippen LogP contribution is -1.96. The first-order valence-corrected chi connectivity index (χ1v) is 3.90. The van der Waals surface area contributed by atoms with E-state index in [0.717, 1.165) is 12.8 Å². The molecule has 0 aromatic carbocycles. The summed E-state index contributed by atoms with van der Waals surface area (Å²) < 4.78 is 5.45. The van der Waals surface area contributed by atoms with E-state index in [4.69, 9.17) is 10.00 Å². The van der Waals surface area contributed by atoms with Gasteiger partial charge in [-0.05, 0) is 12.8 Å². The molecule has 1 aliphatic rings. The van der Waals surface area contributed by atoms with Gasteiger partial charge in [0, 0.05) is 12.3 Å². The number of ether oxygens (including phenoxy) is 1. The fraction of sp³-hybridized carbons (Fsp3) is 0.333. The monoisotopic (exact) mass is 160 g/mol. The van der Waals surface area contributed by atoms with Crippen molar-refractivity contribution in [1.29, 1.82) is 5.26 Å². The molecule has 1 heterocycles. The van der Waals surface area contributed by atoms with Crippen molar-refractivity contribution in [2.75, 3.05) is 0 Å². The Morgan fingerprint density at radius 2 is 2.33 bits per heavy atom. The van der Waals surface area contributed by atoms with Crippen LogP contribution >= 0.6 is 0 Å². The third-order valence-corrected chi connectivity index (χ3v) is 1.67. The first-order valence-electron chi connectivity index (χ1n) is 3.90. The molecule has 60 valence electrons. The van der Waals surface area contributed by atoms with Crippen molar-refractivity contribution >= 4 is 0 Å². The maximum absolute atomic E-state index is 8.57. The molecule has 1 saturated carbocycles. The number of nitriles is 1. The van der Waals surface area contributed by atoms with Gasteiger partial charge >= 0.3 is 0 Å². The van der Waals surface area contributed by atoms with E-state index in [9.17, 15) is 0 Å². The molecule has 1 aromatic rings. The highest BCUT2D eigenvalue weighted by molar-refractivity contribution is 5.32. The minimum atomic E-state index is 0.362. The number of rotatable bonds is 2. The average Bonchev–Trinajstić information content (AvgIpc) is 2.89. The summed E-state index contributed by atoms with van der Waals surface area (Å²) in [6, 6.07) is 3.73. The zero-order chi connectivity index (χ0) is 8.39. The van der Waals surface area contributed by atoms with Crippen molar-refractivity contribution in [2.45, 2.75) is 18.9 Å². The van der Waals surface area contributed by atoms with Gasteiger partial charge in [-0.2, -0.15) is 5.26 Å². The third-order valence-electron chi connectivity index (χ3n) is 1.67. The van der Waals surface area contributed by atoms with Crippen LogP contribution < -0.4 is 4.74 Å². The first kappa shape index (κ1) is 7.11. The Hall–Kier alpha value is -1.56. The summed E-state index contributed by atoms with van der Waals surface area (Å²) in [6.07, 6.45) is 5.77. The van der Waals surface area contributed by atoms with Crippen LogP contribution in [0.2, 0.25) is 0 Å². The van der Waals surface area contributed by atoms with Gasteiger partial charge in [-0.1, -0.05) is 0 Å². The Balaban J connectivity index is 2.15. The summed E-state index contributed by atoms with van der Waals surface area (Å²) >= 11 is 0. The molecule has 0 bridgehead atoms. The minimum Gasteiger partial charge on any atom is -0.489 e. The maximum Gasteiger partial charge on any atom is 0.139 e. The molecule has 0 radical (unpaired) electrons. The number of hydrogen-bond donors (Lipinski definition) is 0. The second-order valence-electron chi connectivity index (χ2n) is 2.84. The Morgan fingerprint density at radius 3 is 3.00 bits per heavy atom. The average molecular weight is 160 g/mol. The highest BCUT2D eigenvalue weighted by Crippen LogP contribution is 2.26. The molecule has 0 unspecified atom stereocenters. The normalized spacial score (nSPS) is 15.2. The quantitative estimate of drug-likeness (QED) is 0.658. The Bertz CT molecular complexity index is 326. The lowest BCUT2D eigenvalue weighted by molar-refractivity contribution is 0.302. The van der Waals surface area contributed by atoms with E-state index >= 15 is 0 Å². The van der Waals surface area contributed by atoms with E-state index in [1.54, 1.807) is 12.3 Å². The van der Waals surface area contributed by atoms with E-state index in [0.29, 0.717) is 17.4 Å². The summed E-state index contributed by atoms with van der Waals surface area (Å²) in [5, 5.41) is 8.57. The van der Waals surface area contributed by atoms with Crippen LogP contribution in [0, 0.1) is 11.3 Å². The Morgan fingerprint density at radius 1 is 1.50 bits per heavy atom. The van der Waals surface area contributed by atoms with Crippen LogP contribution in [0.4, 0.5) is 0 Å². The SMILES string of the molecule is N#Cc1cncc(OC2CC2)c1. The molecule has 3 heteroatoms. The minimum absolute atomic E-state index is 0.362. The largest absolute Gasteiger partial charge is 0.489 e. The standard InChI is InChI=1S/C9H8N2O/c10-4-7-3-9(6-11-5-7)12-8-1-2-8/h3,5-6,8H,1-2H2. The zero-order valence-electron chi connectivity index (χ0n) is 6.53. The van der Waals surface area contributed by atoms with Gasteiger partial charge in [0.15, 0.2) is 0 Å². The van der Waals surface area contributed by atoms with Crippen molar-refractivity contribution < 1.29 is 4.74 Å².